The standard InChI is InChI=1S/C16H25NO/c1-4-14(13-7-5-6-8-15(13)18)17-11-16(9-10-16)12(2)3/h5-8,12,14,17-18H,4,9-11H2,1-3H3. The summed E-state index contributed by atoms with van der Waals surface area (Å²) >= 11 is 0. The van der Waals surface area contributed by atoms with Gasteiger partial charge in [0.1, 0.15) is 5.75 Å². The molecule has 1 aliphatic rings. The molecule has 0 saturated heterocycles. The van der Waals surface area contributed by atoms with E-state index in [2.05, 4.69) is 26.1 Å². The highest BCUT2D eigenvalue weighted by Crippen LogP contribution is 2.51. The second-order valence-electron chi connectivity index (χ2n) is 5.92. The zero-order valence-corrected chi connectivity index (χ0v) is 11.7. The predicted octanol–water partition coefficient (Wildman–Crippen LogP) is 3.87. The Morgan fingerprint density at radius 3 is 2.44 bits per heavy atom. The molecule has 2 nitrogen and oxygen atoms in total. The van der Waals surface area contributed by atoms with Crippen LogP contribution < -0.4 is 5.32 Å². The SMILES string of the molecule is CCC(NCC1(C(C)C)CC1)c1ccccc1O. The van der Waals surface area contributed by atoms with E-state index in [1.165, 1.54) is 12.8 Å². The van der Waals surface area contributed by atoms with Crippen LogP contribution in [0.4, 0.5) is 0 Å². The van der Waals surface area contributed by atoms with Crippen molar-refractivity contribution in [1.82, 2.24) is 5.32 Å². The molecule has 0 bridgehead atoms. The van der Waals surface area contributed by atoms with Crippen molar-refractivity contribution in [2.75, 3.05) is 6.54 Å². The van der Waals surface area contributed by atoms with E-state index in [-0.39, 0.29) is 6.04 Å². The van der Waals surface area contributed by atoms with E-state index in [9.17, 15) is 5.11 Å². The first-order valence-electron chi connectivity index (χ1n) is 7.10. The van der Waals surface area contributed by atoms with Crippen molar-refractivity contribution in [2.24, 2.45) is 11.3 Å². The van der Waals surface area contributed by atoms with Crippen molar-refractivity contribution >= 4 is 0 Å². The number of para-hydroxylation sites is 1. The average Bonchev–Trinajstić information content (AvgIpc) is 3.13. The third-order valence-corrected chi connectivity index (χ3v) is 4.54. The Labute approximate surface area is 110 Å². The maximum absolute atomic E-state index is 9.93. The minimum atomic E-state index is 0.266. The molecule has 1 atom stereocenters. The van der Waals surface area contributed by atoms with Gasteiger partial charge in [-0.3, -0.25) is 0 Å². The van der Waals surface area contributed by atoms with Gasteiger partial charge in [0.15, 0.2) is 0 Å². The van der Waals surface area contributed by atoms with Crippen molar-refractivity contribution in [2.45, 2.75) is 46.1 Å². The van der Waals surface area contributed by atoms with Crippen LogP contribution in [0.2, 0.25) is 0 Å². The van der Waals surface area contributed by atoms with E-state index < -0.39 is 0 Å². The van der Waals surface area contributed by atoms with E-state index in [0.717, 1.165) is 24.4 Å². The first-order valence-corrected chi connectivity index (χ1v) is 7.10. The van der Waals surface area contributed by atoms with Crippen LogP contribution in [0.3, 0.4) is 0 Å². The van der Waals surface area contributed by atoms with Gasteiger partial charge in [-0.15, -0.1) is 0 Å². The van der Waals surface area contributed by atoms with Crippen LogP contribution in [-0.2, 0) is 0 Å². The van der Waals surface area contributed by atoms with Crippen molar-refractivity contribution < 1.29 is 5.11 Å². The lowest BCUT2D eigenvalue weighted by Gasteiger charge is -2.25. The van der Waals surface area contributed by atoms with Crippen LogP contribution in [0.15, 0.2) is 24.3 Å². The summed E-state index contributed by atoms with van der Waals surface area (Å²) in [6, 6.07) is 7.93. The Kier molecular flexibility index (Phi) is 3.96. The summed E-state index contributed by atoms with van der Waals surface area (Å²) in [4.78, 5) is 0. The van der Waals surface area contributed by atoms with Gasteiger partial charge in [0.2, 0.25) is 0 Å². The van der Waals surface area contributed by atoms with Crippen LogP contribution in [0.1, 0.15) is 51.6 Å². The Hall–Kier alpha value is -1.02. The van der Waals surface area contributed by atoms with Crippen molar-refractivity contribution in [3.8, 4) is 5.75 Å². The molecule has 1 aromatic rings. The molecular weight excluding hydrogens is 222 g/mol. The summed E-state index contributed by atoms with van der Waals surface area (Å²) < 4.78 is 0. The smallest absolute Gasteiger partial charge is 0.120 e. The summed E-state index contributed by atoms with van der Waals surface area (Å²) in [6.45, 7) is 7.86. The monoisotopic (exact) mass is 247 g/mol. The van der Waals surface area contributed by atoms with Gasteiger partial charge in [-0.05, 0) is 36.7 Å². The normalized spacial score (nSPS) is 18.9. The molecule has 1 aromatic carbocycles. The molecule has 100 valence electrons. The molecule has 0 radical (unpaired) electrons. The molecule has 1 saturated carbocycles. The number of phenols is 1. The van der Waals surface area contributed by atoms with Gasteiger partial charge < -0.3 is 10.4 Å². The van der Waals surface area contributed by atoms with Gasteiger partial charge in [-0.1, -0.05) is 39.0 Å². The molecule has 0 spiro atoms. The quantitative estimate of drug-likeness (QED) is 0.800. The molecule has 2 N–H and O–H groups in total. The third-order valence-electron chi connectivity index (χ3n) is 4.54. The third kappa shape index (κ3) is 2.69. The van der Waals surface area contributed by atoms with Gasteiger partial charge in [0.25, 0.3) is 0 Å². The number of hydrogen-bond donors (Lipinski definition) is 2. The Morgan fingerprint density at radius 2 is 1.94 bits per heavy atom. The number of rotatable bonds is 6. The molecule has 18 heavy (non-hydrogen) atoms. The molecule has 0 amide bonds. The lowest BCUT2D eigenvalue weighted by atomic mass is 9.91. The van der Waals surface area contributed by atoms with Gasteiger partial charge in [-0.2, -0.15) is 0 Å². The zero-order chi connectivity index (χ0) is 13.2. The minimum Gasteiger partial charge on any atom is -0.508 e. The lowest BCUT2D eigenvalue weighted by molar-refractivity contribution is 0.315. The maximum Gasteiger partial charge on any atom is 0.120 e. The molecule has 1 fully saturated rings. The number of hydrogen-bond acceptors (Lipinski definition) is 2. The second-order valence-corrected chi connectivity index (χ2v) is 5.92. The number of phenolic OH excluding ortho intramolecular Hbond substituents is 1. The minimum absolute atomic E-state index is 0.266. The van der Waals surface area contributed by atoms with E-state index >= 15 is 0 Å². The molecule has 1 aliphatic carbocycles. The van der Waals surface area contributed by atoms with Crippen molar-refractivity contribution in [1.29, 1.82) is 0 Å². The fourth-order valence-corrected chi connectivity index (χ4v) is 2.70. The number of aromatic hydroxyl groups is 1. The molecule has 2 heteroatoms. The summed E-state index contributed by atoms with van der Waals surface area (Å²) in [5.74, 6) is 1.15. The second kappa shape index (κ2) is 5.31. The van der Waals surface area contributed by atoms with E-state index in [1.54, 1.807) is 6.07 Å². The predicted molar refractivity (Wildman–Crippen MR) is 75.6 cm³/mol. The highest BCUT2D eigenvalue weighted by atomic mass is 16.3. The molecule has 0 aliphatic heterocycles. The summed E-state index contributed by atoms with van der Waals surface area (Å²) in [5, 5.41) is 13.6. The van der Waals surface area contributed by atoms with E-state index in [1.807, 2.05) is 18.2 Å². The maximum atomic E-state index is 9.93. The topological polar surface area (TPSA) is 32.3 Å². The molecule has 0 heterocycles. The fourth-order valence-electron chi connectivity index (χ4n) is 2.70. The fraction of sp³-hybridized carbons (Fsp3) is 0.625. The Morgan fingerprint density at radius 1 is 1.28 bits per heavy atom. The largest absolute Gasteiger partial charge is 0.508 e. The molecular formula is C16H25NO. The van der Waals surface area contributed by atoms with Gasteiger partial charge in [0, 0.05) is 18.2 Å². The highest BCUT2D eigenvalue weighted by Gasteiger charge is 2.45. The molecule has 1 unspecified atom stereocenters. The number of benzene rings is 1. The Bertz CT molecular complexity index is 396. The van der Waals surface area contributed by atoms with Gasteiger partial charge in [-0.25, -0.2) is 0 Å². The lowest BCUT2D eigenvalue weighted by Crippen LogP contribution is -2.30. The summed E-state index contributed by atoms with van der Waals surface area (Å²) in [6.07, 6.45) is 3.69. The van der Waals surface area contributed by atoms with Crippen LogP contribution in [0.25, 0.3) is 0 Å². The van der Waals surface area contributed by atoms with Crippen LogP contribution >= 0.6 is 0 Å². The van der Waals surface area contributed by atoms with Gasteiger partial charge in [0.05, 0.1) is 0 Å². The number of nitrogens with one attached hydrogen (secondary N) is 1. The van der Waals surface area contributed by atoms with Crippen molar-refractivity contribution in [3.63, 3.8) is 0 Å². The summed E-state index contributed by atoms with van der Waals surface area (Å²) in [5.41, 5.74) is 1.54. The van der Waals surface area contributed by atoms with Crippen molar-refractivity contribution in [3.05, 3.63) is 29.8 Å². The van der Waals surface area contributed by atoms with Crippen LogP contribution in [0, 0.1) is 11.3 Å². The van der Waals surface area contributed by atoms with E-state index in [4.69, 9.17) is 0 Å². The molecule has 0 aromatic heterocycles. The zero-order valence-electron chi connectivity index (χ0n) is 11.7. The first-order chi connectivity index (χ1) is 8.59. The average molecular weight is 247 g/mol. The van der Waals surface area contributed by atoms with Crippen LogP contribution in [0.5, 0.6) is 5.75 Å². The Balaban J connectivity index is 2.00. The van der Waals surface area contributed by atoms with E-state index in [0.29, 0.717) is 11.2 Å². The molecule has 2 rings (SSSR count). The first kappa shape index (κ1) is 13.4. The summed E-state index contributed by atoms with van der Waals surface area (Å²) in [7, 11) is 0. The highest BCUT2D eigenvalue weighted by molar-refractivity contribution is 5.34. The van der Waals surface area contributed by atoms with Gasteiger partial charge >= 0.3 is 0 Å². The van der Waals surface area contributed by atoms with Crippen LogP contribution in [-0.4, -0.2) is 11.7 Å².